The maximum atomic E-state index is 6.05. The van der Waals surface area contributed by atoms with Gasteiger partial charge in [0.2, 0.25) is 0 Å². The summed E-state index contributed by atoms with van der Waals surface area (Å²) in [4.78, 5) is 0. The van der Waals surface area contributed by atoms with E-state index in [2.05, 4.69) is 12.1 Å². The SMILES string of the molecule is NC(Cc1ccc(Cl)cc1)CC1CC1. The molecule has 1 nitrogen and oxygen atoms in total. The second-order valence-electron chi connectivity index (χ2n) is 4.27. The average molecular weight is 210 g/mol. The first-order chi connectivity index (χ1) is 6.74. The zero-order valence-electron chi connectivity index (χ0n) is 8.25. The molecule has 14 heavy (non-hydrogen) atoms. The van der Waals surface area contributed by atoms with E-state index in [0.29, 0.717) is 6.04 Å². The van der Waals surface area contributed by atoms with Crippen LogP contribution < -0.4 is 5.73 Å². The van der Waals surface area contributed by atoms with E-state index in [4.69, 9.17) is 17.3 Å². The number of benzene rings is 1. The number of rotatable bonds is 4. The van der Waals surface area contributed by atoms with Crippen LogP contribution in [0, 0.1) is 5.92 Å². The zero-order valence-corrected chi connectivity index (χ0v) is 9.00. The molecular weight excluding hydrogens is 194 g/mol. The lowest BCUT2D eigenvalue weighted by Crippen LogP contribution is -2.23. The predicted molar refractivity (Wildman–Crippen MR) is 60.5 cm³/mol. The second kappa shape index (κ2) is 4.33. The molecule has 1 aliphatic rings. The summed E-state index contributed by atoms with van der Waals surface area (Å²) in [5.74, 6) is 0.914. The van der Waals surface area contributed by atoms with Gasteiger partial charge in [-0.15, -0.1) is 0 Å². The lowest BCUT2D eigenvalue weighted by molar-refractivity contribution is 0.566. The minimum absolute atomic E-state index is 0.323. The summed E-state index contributed by atoms with van der Waals surface area (Å²) < 4.78 is 0. The van der Waals surface area contributed by atoms with Crippen LogP contribution in [0.15, 0.2) is 24.3 Å². The Kier molecular flexibility index (Phi) is 3.09. The fourth-order valence-corrected chi connectivity index (χ4v) is 1.91. The zero-order chi connectivity index (χ0) is 9.97. The molecule has 1 aromatic carbocycles. The normalized spacial score (nSPS) is 18.1. The van der Waals surface area contributed by atoms with Gasteiger partial charge >= 0.3 is 0 Å². The maximum absolute atomic E-state index is 6.05. The fourth-order valence-electron chi connectivity index (χ4n) is 1.79. The van der Waals surface area contributed by atoms with Gasteiger partial charge in [0.1, 0.15) is 0 Å². The Hall–Kier alpha value is -0.530. The van der Waals surface area contributed by atoms with Crippen molar-refractivity contribution in [2.75, 3.05) is 0 Å². The van der Waals surface area contributed by atoms with E-state index in [9.17, 15) is 0 Å². The molecule has 1 atom stereocenters. The predicted octanol–water partition coefficient (Wildman–Crippen LogP) is 3.01. The molecule has 2 heteroatoms. The van der Waals surface area contributed by atoms with Gasteiger partial charge in [-0.05, 0) is 36.5 Å². The van der Waals surface area contributed by atoms with E-state index in [-0.39, 0.29) is 0 Å². The van der Waals surface area contributed by atoms with Crippen molar-refractivity contribution in [3.63, 3.8) is 0 Å². The molecule has 0 radical (unpaired) electrons. The van der Waals surface area contributed by atoms with Crippen LogP contribution in [-0.4, -0.2) is 6.04 Å². The Balaban J connectivity index is 1.85. The third-order valence-corrected chi connectivity index (χ3v) is 3.00. The third-order valence-electron chi connectivity index (χ3n) is 2.74. The molecule has 0 spiro atoms. The molecule has 0 bridgehead atoms. The fraction of sp³-hybridized carbons (Fsp3) is 0.500. The maximum Gasteiger partial charge on any atom is 0.0406 e. The van der Waals surface area contributed by atoms with Gasteiger partial charge in [-0.3, -0.25) is 0 Å². The molecule has 2 rings (SSSR count). The van der Waals surface area contributed by atoms with E-state index >= 15 is 0 Å². The number of hydrogen-bond acceptors (Lipinski definition) is 1. The largest absolute Gasteiger partial charge is 0.327 e. The molecule has 1 fully saturated rings. The van der Waals surface area contributed by atoms with E-state index in [1.165, 1.54) is 24.8 Å². The van der Waals surface area contributed by atoms with Crippen molar-refractivity contribution < 1.29 is 0 Å². The van der Waals surface area contributed by atoms with Crippen molar-refractivity contribution >= 4 is 11.6 Å². The van der Waals surface area contributed by atoms with Crippen LogP contribution in [0.4, 0.5) is 0 Å². The lowest BCUT2D eigenvalue weighted by Gasteiger charge is -2.10. The average Bonchev–Trinajstić information content (AvgIpc) is 2.93. The highest BCUT2D eigenvalue weighted by molar-refractivity contribution is 6.30. The molecular formula is C12H16ClN. The van der Waals surface area contributed by atoms with Crippen molar-refractivity contribution in [3.8, 4) is 0 Å². The van der Waals surface area contributed by atoms with Gasteiger partial charge in [0.25, 0.3) is 0 Å². The highest BCUT2D eigenvalue weighted by Crippen LogP contribution is 2.33. The van der Waals surface area contributed by atoms with Gasteiger partial charge in [-0.2, -0.15) is 0 Å². The van der Waals surface area contributed by atoms with Gasteiger partial charge in [0, 0.05) is 11.1 Å². The van der Waals surface area contributed by atoms with Gasteiger partial charge in [0.05, 0.1) is 0 Å². The highest BCUT2D eigenvalue weighted by atomic mass is 35.5. The van der Waals surface area contributed by atoms with Crippen LogP contribution in [0.25, 0.3) is 0 Å². The molecule has 0 heterocycles. The Morgan fingerprint density at radius 2 is 1.93 bits per heavy atom. The van der Waals surface area contributed by atoms with Gasteiger partial charge in [-0.1, -0.05) is 36.6 Å². The lowest BCUT2D eigenvalue weighted by atomic mass is 10.0. The van der Waals surface area contributed by atoms with Crippen LogP contribution in [0.5, 0.6) is 0 Å². The Labute approximate surface area is 90.3 Å². The van der Waals surface area contributed by atoms with E-state index in [0.717, 1.165) is 17.4 Å². The standard InChI is InChI=1S/C12H16ClN/c13-11-5-3-10(4-6-11)8-12(14)7-9-1-2-9/h3-6,9,12H,1-2,7-8,14H2. The first-order valence-corrected chi connectivity index (χ1v) is 5.62. The van der Waals surface area contributed by atoms with Gasteiger partial charge < -0.3 is 5.73 Å². The molecule has 1 aliphatic carbocycles. The summed E-state index contributed by atoms with van der Waals surface area (Å²) in [6.07, 6.45) is 4.93. The van der Waals surface area contributed by atoms with Crippen molar-refractivity contribution in [1.29, 1.82) is 0 Å². The summed E-state index contributed by atoms with van der Waals surface area (Å²) in [6, 6.07) is 8.31. The van der Waals surface area contributed by atoms with Crippen LogP contribution in [-0.2, 0) is 6.42 Å². The van der Waals surface area contributed by atoms with Crippen LogP contribution in [0.3, 0.4) is 0 Å². The van der Waals surface area contributed by atoms with Crippen molar-refractivity contribution in [2.24, 2.45) is 11.7 Å². The summed E-state index contributed by atoms with van der Waals surface area (Å²) in [5, 5.41) is 0.796. The quantitative estimate of drug-likeness (QED) is 0.811. The monoisotopic (exact) mass is 209 g/mol. The molecule has 0 aromatic heterocycles. The van der Waals surface area contributed by atoms with Crippen molar-refractivity contribution in [2.45, 2.75) is 31.7 Å². The third kappa shape index (κ3) is 3.00. The number of halogens is 1. The second-order valence-corrected chi connectivity index (χ2v) is 4.71. The Morgan fingerprint density at radius 1 is 1.29 bits per heavy atom. The Bertz CT molecular complexity index is 290. The molecule has 2 N–H and O–H groups in total. The minimum Gasteiger partial charge on any atom is -0.327 e. The summed E-state index contributed by atoms with van der Waals surface area (Å²) in [5.41, 5.74) is 7.35. The molecule has 1 saturated carbocycles. The number of hydrogen-bond donors (Lipinski definition) is 1. The molecule has 1 unspecified atom stereocenters. The minimum atomic E-state index is 0.323. The summed E-state index contributed by atoms with van der Waals surface area (Å²) in [6.45, 7) is 0. The van der Waals surface area contributed by atoms with Crippen LogP contribution >= 0.6 is 11.6 Å². The van der Waals surface area contributed by atoms with Crippen LogP contribution in [0.2, 0.25) is 5.02 Å². The highest BCUT2D eigenvalue weighted by Gasteiger charge is 2.23. The summed E-state index contributed by atoms with van der Waals surface area (Å²) in [7, 11) is 0. The molecule has 1 aromatic rings. The van der Waals surface area contributed by atoms with Crippen molar-refractivity contribution in [1.82, 2.24) is 0 Å². The first kappa shape index (κ1) is 10.0. The number of nitrogens with two attached hydrogens (primary N) is 1. The smallest absolute Gasteiger partial charge is 0.0406 e. The first-order valence-electron chi connectivity index (χ1n) is 5.24. The van der Waals surface area contributed by atoms with E-state index < -0.39 is 0 Å². The van der Waals surface area contributed by atoms with E-state index in [1.54, 1.807) is 0 Å². The topological polar surface area (TPSA) is 26.0 Å². The molecule has 0 aliphatic heterocycles. The molecule has 76 valence electrons. The van der Waals surface area contributed by atoms with Gasteiger partial charge in [0.15, 0.2) is 0 Å². The molecule has 0 saturated heterocycles. The van der Waals surface area contributed by atoms with Crippen molar-refractivity contribution in [3.05, 3.63) is 34.9 Å². The van der Waals surface area contributed by atoms with Crippen LogP contribution in [0.1, 0.15) is 24.8 Å². The Morgan fingerprint density at radius 3 is 2.50 bits per heavy atom. The molecule has 0 amide bonds. The van der Waals surface area contributed by atoms with Gasteiger partial charge in [-0.25, -0.2) is 0 Å². The summed E-state index contributed by atoms with van der Waals surface area (Å²) >= 11 is 5.81. The van der Waals surface area contributed by atoms with E-state index in [1.807, 2.05) is 12.1 Å².